The normalized spacial score (nSPS) is 14.5. The lowest BCUT2D eigenvalue weighted by Crippen LogP contribution is -2.62. The van der Waals surface area contributed by atoms with Crippen LogP contribution in [-0.2, 0) is 11.3 Å². The molecule has 5 nitrogen and oxygen atoms in total. The molecular formula is C22H29N3O2. The van der Waals surface area contributed by atoms with Crippen LogP contribution in [0.4, 0.5) is 0 Å². The van der Waals surface area contributed by atoms with E-state index in [1.165, 1.54) is 5.56 Å². The van der Waals surface area contributed by atoms with Crippen LogP contribution in [-0.4, -0.2) is 53.0 Å². The molecule has 1 aliphatic heterocycles. The van der Waals surface area contributed by atoms with Crippen molar-refractivity contribution in [1.29, 1.82) is 0 Å². The Balaban J connectivity index is 1.50. The van der Waals surface area contributed by atoms with E-state index in [-0.39, 0.29) is 12.5 Å². The number of amides is 1. The molecule has 0 N–H and O–H groups in total. The predicted octanol–water partition coefficient (Wildman–Crippen LogP) is 3.14. The van der Waals surface area contributed by atoms with Crippen molar-refractivity contribution < 1.29 is 9.53 Å². The number of carbonyl (C=O) groups excluding carboxylic acids is 1. The first kappa shape index (κ1) is 19.4. The van der Waals surface area contributed by atoms with Gasteiger partial charge < -0.3 is 9.64 Å². The summed E-state index contributed by atoms with van der Waals surface area (Å²) in [5.41, 5.74) is 2.39. The van der Waals surface area contributed by atoms with Crippen LogP contribution in [0.25, 0.3) is 0 Å². The van der Waals surface area contributed by atoms with E-state index in [1.54, 1.807) is 0 Å². The van der Waals surface area contributed by atoms with E-state index >= 15 is 0 Å². The molecule has 1 aliphatic rings. The molecule has 3 rings (SSSR count). The third kappa shape index (κ3) is 5.54. The SMILES string of the molecule is Cc1cccc(OCC(=O)N2CC(N(Cc3ccncc3)CC(C)C)C2)c1. The van der Waals surface area contributed by atoms with Crippen molar-refractivity contribution >= 4 is 5.91 Å². The van der Waals surface area contributed by atoms with Gasteiger partial charge in [-0.2, -0.15) is 0 Å². The number of pyridine rings is 1. The number of aryl methyl sites for hydroxylation is 1. The zero-order chi connectivity index (χ0) is 19.2. The molecule has 0 radical (unpaired) electrons. The van der Waals surface area contributed by atoms with Crippen molar-refractivity contribution in [1.82, 2.24) is 14.8 Å². The lowest BCUT2D eigenvalue weighted by Gasteiger charge is -2.46. The number of hydrogen-bond donors (Lipinski definition) is 0. The summed E-state index contributed by atoms with van der Waals surface area (Å²) in [4.78, 5) is 20.9. The fraction of sp³-hybridized carbons (Fsp3) is 0.455. The summed E-state index contributed by atoms with van der Waals surface area (Å²) in [6.07, 6.45) is 3.67. The lowest BCUT2D eigenvalue weighted by atomic mass is 10.0. The first-order chi connectivity index (χ1) is 13.0. The minimum atomic E-state index is 0.0566. The third-order valence-electron chi connectivity index (χ3n) is 4.82. The molecule has 0 atom stereocenters. The van der Waals surface area contributed by atoms with Crippen LogP contribution in [0.3, 0.4) is 0 Å². The zero-order valence-corrected chi connectivity index (χ0v) is 16.5. The van der Waals surface area contributed by atoms with Gasteiger partial charge in [0.1, 0.15) is 5.75 Å². The van der Waals surface area contributed by atoms with Gasteiger partial charge in [-0.1, -0.05) is 26.0 Å². The van der Waals surface area contributed by atoms with Gasteiger partial charge in [0.05, 0.1) is 0 Å². The Kier molecular flexibility index (Phi) is 6.45. The van der Waals surface area contributed by atoms with Crippen molar-refractivity contribution in [2.45, 2.75) is 33.4 Å². The Hall–Kier alpha value is -2.40. The number of likely N-dealkylation sites (tertiary alicyclic amines) is 1. The molecule has 0 unspecified atom stereocenters. The molecule has 0 saturated carbocycles. The van der Waals surface area contributed by atoms with Crippen molar-refractivity contribution in [2.24, 2.45) is 5.92 Å². The topological polar surface area (TPSA) is 45.7 Å². The fourth-order valence-corrected chi connectivity index (χ4v) is 3.37. The molecule has 2 aromatic rings. The van der Waals surface area contributed by atoms with Gasteiger partial charge in [0.25, 0.3) is 5.91 Å². The van der Waals surface area contributed by atoms with Crippen molar-refractivity contribution in [3.05, 3.63) is 59.9 Å². The van der Waals surface area contributed by atoms with Crippen LogP contribution in [0.1, 0.15) is 25.0 Å². The Morgan fingerprint density at radius 1 is 1.26 bits per heavy atom. The second-order valence-electron chi connectivity index (χ2n) is 7.74. The van der Waals surface area contributed by atoms with Crippen LogP contribution >= 0.6 is 0 Å². The van der Waals surface area contributed by atoms with Gasteiger partial charge in [0, 0.05) is 44.6 Å². The number of rotatable bonds is 8. The van der Waals surface area contributed by atoms with E-state index in [2.05, 4.69) is 35.9 Å². The fourth-order valence-electron chi connectivity index (χ4n) is 3.37. The second kappa shape index (κ2) is 9.00. The average molecular weight is 367 g/mol. The van der Waals surface area contributed by atoms with Gasteiger partial charge in [0.15, 0.2) is 6.61 Å². The molecule has 1 fully saturated rings. The lowest BCUT2D eigenvalue weighted by molar-refractivity contribution is -0.141. The smallest absolute Gasteiger partial charge is 0.260 e. The van der Waals surface area contributed by atoms with Gasteiger partial charge in [0.2, 0.25) is 0 Å². The quantitative estimate of drug-likeness (QED) is 0.719. The Morgan fingerprint density at radius 3 is 2.67 bits per heavy atom. The average Bonchev–Trinajstić information content (AvgIpc) is 2.59. The molecule has 1 aromatic carbocycles. The highest BCUT2D eigenvalue weighted by atomic mass is 16.5. The van der Waals surface area contributed by atoms with Crippen LogP contribution in [0.15, 0.2) is 48.8 Å². The summed E-state index contributed by atoms with van der Waals surface area (Å²) < 4.78 is 5.65. The molecule has 0 bridgehead atoms. The minimum absolute atomic E-state index is 0.0566. The summed E-state index contributed by atoms with van der Waals surface area (Å²) in [7, 11) is 0. The summed E-state index contributed by atoms with van der Waals surface area (Å²) in [6, 6.07) is 12.3. The maximum absolute atomic E-state index is 12.4. The van der Waals surface area contributed by atoms with Crippen LogP contribution in [0.5, 0.6) is 5.75 Å². The second-order valence-corrected chi connectivity index (χ2v) is 7.74. The van der Waals surface area contributed by atoms with Crippen molar-refractivity contribution in [2.75, 3.05) is 26.2 Å². The van der Waals surface area contributed by atoms with E-state index in [4.69, 9.17) is 4.74 Å². The first-order valence-corrected chi connectivity index (χ1v) is 9.61. The van der Waals surface area contributed by atoms with Crippen LogP contribution < -0.4 is 4.74 Å². The van der Waals surface area contributed by atoms with E-state index < -0.39 is 0 Å². The monoisotopic (exact) mass is 367 g/mol. The molecule has 0 aliphatic carbocycles. The molecule has 5 heteroatoms. The Morgan fingerprint density at radius 2 is 2.00 bits per heavy atom. The highest BCUT2D eigenvalue weighted by molar-refractivity contribution is 5.78. The van der Waals surface area contributed by atoms with Gasteiger partial charge in [-0.25, -0.2) is 0 Å². The van der Waals surface area contributed by atoms with Gasteiger partial charge in [-0.05, 0) is 48.2 Å². The predicted molar refractivity (Wildman–Crippen MR) is 107 cm³/mol. The largest absolute Gasteiger partial charge is 0.484 e. The molecule has 1 amide bonds. The number of aromatic nitrogens is 1. The molecule has 0 spiro atoms. The summed E-state index contributed by atoms with van der Waals surface area (Å²) in [5, 5.41) is 0. The minimum Gasteiger partial charge on any atom is -0.484 e. The number of benzene rings is 1. The van der Waals surface area contributed by atoms with Gasteiger partial charge in [-0.3, -0.25) is 14.7 Å². The molecule has 144 valence electrons. The number of ether oxygens (including phenoxy) is 1. The summed E-state index contributed by atoms with van der Waals surface area (Å²) >= 11 is 0. The van der Waals surface area contributed by atoms with Gasteiger partial charge in [-0.15, -0.1) is 0 Å². The van der Waals surface area contributed by atoms with E-state index in [9.17, 15) is 4.79 Å². The zero-order valence-electron chi connectivity index (χ0n) is 16.5. The van der Waals surface area contributed by atoms with E-state index in [0.717, 1.165) is 37.5 Å². The number of hydrogen-bond acceptors (Lipinski definition) is 4. The van der Waals surface area contributed by atoms with E-state index in [1.807, 2.05) is 48.5 Å². The van der Waals surface area contributed by atoms with Crippen molar-refractivity contribution in [3.8, 4) is 5.75 Å². The number of nitrogens with zero attached hydrogens (tertiary/aromatic N) is 3. The molecule has 2 heterocycles. The molecule has 1 saturated heterocycles. The number of carbonyl (C=O) groups is 1. The Labute approximate surface area is 162 Å². The molecule has 27 heavy (non-hydrogen) atoms. The highest BCUT2D eigenvalue weighted by Gasteiger charge is 2.35. The first-order valence-electron chi connectivity index (χ1n) is 9.61. The van der Waals surface area contributed by atoms with Crippen LogP contribution in [0.2, 0.25) is 0 Å². The van der Waals surface area contributed by atoms with Crippen molar-refractivity contribution in [3.63, 3.8) is 0 Å². The highest BCUT2D eigenvalue weighted by Crippen LogP contribution is 2.20. The maximum atomic E-state index is 12.4. The van der Waals surface area contributed by atoms with Gasteiger partial charge >= 0.3 is 0 Å². The standard InChI is InChI=1S/C22H29N3O2/c1-17(2)12-24(13-19-7-9-23-10-8-19)20-14-25(15-20)22(26)16-27-21-6-4-5-18(3)11-21/h4-11,17,20H,12-16H2,1-3H3. The molecule has 1 aromatic heterocycles. The summed E-state index contributed by atoms with van der Waals surface area (Å²) in [5.74, 6) is 1.39. The molecular weight excluding hydrogens is 338 g/mol. The van der Waals surface area contributed by atoms with E-state index in [0.29, 0.717) is 12.0 Å². The van der Waals surface area contributed by atoms with Crippen LogP contribution in [0, 0.1) is 12.8 Å². The summed E-state index contributed by atoms with van der Waals surface area (Å²) in [6.45, 7) is 10.0. The maximum Gasteiger partial charge on any atom is 0.260 e. The third-order valence-corrected chi connectivity index (χ3v) is 4.82. The Bertz CT molecular complexity index is 742.